The van der Waals surface area contributed by atoms with Gasteiger partial charge >= 0.3 is 0 Å². The molecule has 2 aromatic heterocycles. The first-order valence-electron chi connectivity index (χ1n) is 10.4. The van der Waals surface area contributed by atoms with E-state index in [-0.39, 0.29) is 0 Å². The van der Waals surface area contributed by atoms with Crippen molar-refractivity contribution in [3.8, 4) is 16.9 Å². The second-order valence-corrected chi connectivity index (χ2v) is 8.10. The molecule has 1 aliphatic rings. The number of benzene rings is 1. The summed E-state index contributed by atoms with van der Waals surface area (Å²) in [5, 5.41) is 4.33. The van der Waals surface area contributed by atoms with Gasteiger partial charge in [0, 0.05) is 49.6 Å². The molecule has 0 unspecified atom stereocenters. The summed E-state index contributed by atoms with van der Waals surface area (Å²) in [6.45, 7) is 4.75. The molecule has 156 valence electrons. The van der Waals surface area contributed by atoms with E-state index in [0.29, 0.717) is 0 Å². The SMILES string of the molecule is CCn1cc(-c2ccc(OCCCCCN3C=CN(c4ccncc4)S3)cc2)cn1. The number of hydrogen-bond acceptors (Lipinski definition) is 6. The zero-order valence-electron chi connectivity index (χ0n) is 17.2. The molecule has 7 heteroatoms. The third kappa shape index (κ3) is 5.36. The number of rotatable bonds is 10. The highest BCUT2D eigenvalue weighted by Crippen LogP contribution is 2.30. The van der Waals surface area contributed by atoms with Gasteiger partial charge in [-0.1, -0.05) is 12.1 Å². The van der Waals surface area contributed by atoms with Gasteiger partial charge < -0.3 is 9.04 Å². The van der Waals surface area contributed by atoms with E-state index in [9.17, 15) is 0 Å². The van der Waals surface area contributed by atoms with Crippen molar-refractivity contribution in [2.45, 2.75) is 32.7 Å². The van der Waals surface area contributed by atoms with Crippen LogP contribution in [0.1, 0.15) is 26.2 Å². The first-order chi connectivity index (χ1) is 14.8. The molecule has 0 saturated carbocycles. The van der Waals surface area contributed by atoms with E-state index in [4.69, 9.17) is 4.74 Å². The Labute approximate surface area is 182 Å². The third-order valence-corrected chi connectivity index (χ3v) is 5.94. The van der Waals surface area contributed by atoms with Crippen molar-refractivity contribution in [1.82, 2.24) is 19.1 Å². The molecule has 4 rings (SSSR count). The van der Waals surface area contributed by atoms with E-state index in [0.717, 1.165) is 56.0 Å². The van der Waals surface area contributed by atoms with Gasteiger partial charge in [0.05, 0.1) is 30.6 Å². The van der Waals surface area contributed by atoms with Gasteiger partial charge in [-0.2, -0.15) is 5.10 Å². The fourth-order valence-corrected chi connectivity index (χ4v) is 4.08. The Kier molecular flexibility index (Phi) is 6.92. The minimum Gasteiger partial charge on any atom is -0.494 e. The standard InChI is InChI=1S/C23H27N5OS/c1-2-26-19-21(18-25-26)20-6-8-23(9-7-20)29-17-5-3-4-14-27-15-16-28(30-27)22-10-12-24-13-11-22/h6-13,15-16,18-19H,2-5,14,17H2,1H3. The summed E-state index contributed by atoms with van der Waals surface area (Å²) >= 11 is 1.72. The Morgan fingerprint density at radius 2 is 1.77 bits per heavy atom. The van der Waals surface area contributed by atoms with E-state index < -0.39 is 0 Å². The molecule has 1 aliphatic heterocycles. The Morgan fingerprint density at radius 3 is 2.53 bits per heavy atom. The number of unbranched alkanes of at least 4 members (excludes halogenated alkanes) is 2. The number of ether oxygens (including phenoxy) is 1. The highest BCUT2D eigenvalue weighted by Gasteiger charge is 2.14. The number of hydrogen-bond donors (Lipinski definition) is 0. The Balaban J connectivity index is 1.11. The number of aromatic nitrogens is 3. The molecule has 6 nitrogen and oxygen atoms in total. The van der Waals surface area contributed by atoms with Crippen LogP contribution in [0.4, 0.5) is 5.69 Å². The molecule has 0 aliphatic carbocycles. The predicted molar refractivity (Wildman–Crippen MR) is 123 cm³/mol. The van der Waals surface area contributed by atoms with Gasteiger partial charge in [0.2, 0.25) is 0 Å². The highest BCUT2D eigenvalue weighted by atomic mass is 32.2. The fraction of sp³-hybridized carbons (Fsp3) is 0.304. The molecule has 0 atom stereocenters. The molecule has 0 amide bonds. The smallest absolute Gasteiger partial charge is 0.119 e. The van der Waals surface area contributed by atoms with Crippen molar-refractivity contribution in [2.75, 3.05) is 17.5 Å². The zero-order chi connectivity index (χ0) is 20.6. The molecule has 0 fully saturated rings. The van der Waals surface area contributed by atoms with Crippen molar-refractivity contribution < 1.29 is 4.74 Å². The van der Waals surface area contributed by atoms with E-state index >= 15 is 0 Å². The molecule has 3 heterocycles. The second kappa shape index (κ2) is 10.2. The van der Waals surface area contributed by atoms with Gasteiger partial charge in [-0.05, 0) is 56.0 Å². The third-order valence-electron chi connectivity index (χ3n) is 4.91. The quantitative estimate of drug-likeness (QED) is 0.324. The average Bonchev–Trinajstić information content (AvgIpc) is 3.47. The van der Waals surface area contributed by atoms with Crippen LogP contribution in [0, 0.1) is 0 Å². The van der Waals surface area contributed by atoms with Crippen molar-refractivity contribution >= 4 is 17.8 Å². The maximum absolute atomic E-state index is 5.90. The summed E-state index contributed by atoms with van der Waals surface area (Å²) in [4.78, 5) is 4.07. The summed E-state index contributed by atoms with van der Waals surface area (Å²) in [5.41, 5.74) is 3.45. The molecule has 0 bridgehead atoms. The largest absolute Gasteiger partial charge is 0.494 e. The summed E-state index contributed by atoms with van der Waals surface area (Å²) in [6, 6.07) is 12.3. The van der Waals surface area contributed by atoms with Crippen LogP contribution < -0.4 is 9.04 Å². The van der Waals surface area contributed by atoms with Crippen LogP contribution in [0.2, 0.25) is 0 Å². The van der Waals surface area contributed by atoms with Crippen LogP contribution in [0.25, 0.3) is 11.1 Å². The average molecular weight is 422 g/mol. The normalized spacial score (nSPS) is 13.2. The second-order valence-electron chi connectivity index (χ2n) is 7.07. The lowest BCUT2D eigenvalue weighted by molar-refractivity contribution is 0.304. The number of nitrogens with zero attached hydrogens (tertiary/aromatic N) is 5. The molecule has 0 radical (unpaired) electrons. The topological polar surface area (TPSA) is 46.4 Å². The summed E-state index contributed by atoms with van der Waals surface area (Å²) in [5.74, 6) is 0.924. The lowest BCUT2D eigenvalue weighted by Gasteiger charge is -2.18. The monoisotopic (exact) mass is 421 g/mol. The van der Waals surface area contributed by atoms with Crippen LogP contribution in [-0.2, 0) is 6.54 Å². The van der Waals surface area contributed by atoms with E-state index in [1.165, 1.54) is 5.56 Å². The number of anilines is 1. The van der Waals surface area contributed by atoms with Crippen molar-refractivity contribution in [1.29, 1.82) is 0 Å². The maximum Gasteiger partial charge on any atom is 0.119 e. The predicted octanol–water partition coefficient (Wildman–Crippen LogP) is 5.37. The Morgan fingerprint density at radius 1 is 0.933 bits per heavy atom. The van der Waals surface area contributed by atoms with Gasteiger partial charge in [-0.15, -0.1) is 0 Å². The minimum absolute atomic E-state index is 0.749. The van der Waals surface area contributed by atoms with Gasteiger partial charge in [0.1, 0.15) is 5.75 Å². The van der Waals surface area contributed by atoms with Crippen LogP contribution in [0.3, 0.4) is 0 Å². The molecule has 0 saturated heterocycles. The minimum atomic E-state index is 0.749. The van der Waals surface area contributed by atoms with E-state index in [1.807, 2.05) is 47.5 Å². The first kappa shape index (κ1) is 20.3. The molecular formula is C23H27N5OS. The molecule has 0 spiro atoms. The van der Waals surface area contributed by atoms with Crippen LogP contribution in [-0.4, -0.2) is 32.2 Å². The van der Waals surface area contributed by atoms with E-state index in [1.54, 1.807) is 12.1 Å². The van der Waals surface area contributed by atoms with Gasteiger partial charge in [-0.25, -0.2) is 0 Å². The maximum atomic E-state index is 5.90. The first-order valence-corrected chi connectivity index (χ1v) is 11.1. The molecule has 0 N–H and O–H groups in total. The van der Waals surface area contributed by atoms with Crippen LogP contribution in [0.5, 0.6) is 5.75 Å². The molecule has 3 aromatic rings. The van der Waals surface area contributed by atoms with Crippen LogP contribution >= 0.6 is 12.1 Å². The molecular weight excluding hydrogens is 394 g/mol. The van der Waals surface area contributed by atoms with Crippen LogP contribution in [0.15, 0.2) is 73.6 Å². The van der Waals surface area contributed by atoms with Gasteiger partial charge in [-0.3, -0.25) is 14.0 Å². The highest BCUT2D eigenvalue weighted by molar-refractivity contribution is 7.98. The summed E-state index contributed by atoms with van der Waals surface area (Å²) < 4.78 is 12.3. The number of pyridine rings is 1. The van der Waals surface area contributed by atoms with Gasteiger partial charge in [0.15, 0.2) is 0 Å². The Hall–Kier alpha value is -2.93. The molecule has 30 heavy (non-hydrogen) atoms. The fourth-order valence-electron chi connectivity index (χ4n) is 3.21. The lowest BCUT2D eigenvalue weighted by atomic mass is 10.1. The van der Waals surface area contributed by atoms with Crippen molar-refractivity contribution in [3.63, 3.8) is 0 Å². The van der Waals surface area contributed by atoms with E-state index in [2.05, 4.69) is 56.3 Å². The zero-order valence-corrected chi connectivity index (χ0v) is 18.0. The number of aryl methyl sites for hydroxylation is 1. The van der Waals surface area contributed by atoms with Crippen molar-refractivity contribution in [2.24, 2.45) is 0 Å². The van der Waals surface area contributed by atoms with Crippen molar-refractivity contribution in [3.05, 3.63) is 73.6 Å². The lowest BCUT2D eigenvalue weighted by Crippen LogP contribution is -2.11. The summed E-state index contributed by atoms with van der Waals surface area (Å²) in [7, 11) is 0. The summed E-state index contributed by atoms with van der Waals surface area (Å²) in [6.07, 6.45) is 15.2. The van der Waals surface area contributed by atoms with Gasteiger partial charge in [0.25, 0.3) is 0 Å². The molecule has 1 aromatic carbocycles. The Bertz CT molecular complexity index is 942.